The third-order valence-electron chi connectivity index (χ3n) is 3.68. The molecule has 21 heavy (non-hydrogen) atoms. The molecule has 2 atom stereocenters. The van der Waals surface area contributed by atoms with Crippen LogP contribution >= 0.6 is 11.6 Å². The summed E-state index contributed by atoms with van der Waals surface area (Å²) in [5, 5.41) is 14.5. The molecule has 0 bridgehead atoms. The third-order valence-corrected chi connectivity index (χ3v) is 4.26. The second-order valence-corrected chi connectivity index (χ2v) is 5.69. The first-order valence-corrected chi connectivity index (χ1v) is 7.83. The molecule has 0 aliphatic carbocycles. The van der Waals surface area contributed by atoms with Crippen molar-refractivity contribution in [2.75, 3.05) is 20.2 Å². The second kappa shape index (κ2) is 8.59. The Hall–Kier alpha value is -0.810. The van der Waals surface area contributed by atoms with Gasteiger partial charge >= 0.3 is 0 Å². The molecule has 0 amide bonds. The maximum atomic E-state index is 10.7. The monoisotopic (exact) mass is 314 g/mol. The van der Waals surface area contributed by atoms with Gasteiger partial charge in [0, 0.05) is 16.6 Å². The van der Waals surface area contributed by atoms with Crippen LogP contribution in [-0.4, -0.2) is 31.3 Å². The Labute approximate surface area is 132 Å². The highest BCUT2D eigenvalue weighted by Crippen LogP contribution is 2.37. The van der Waals surface area contributed by atoms with E-state index >= 15 is 0 Å². The van der Waals surface area contributed by atoms with E-state index in [0.29, 0.717) is 30.3 Å². The molecular formula is C16H27ClN2O2. The lowest BCUT2D eigenvalue weighted by Crippen LogP contribution is -2.34. The van der Waals surface area contributed by atoms with Crippen LogP contribution in [0.25, 0.3) is 0 Å². The van der Waals surface area contributed by atoms with Gasteiger partial charge in [0.05, 0.1) is 12.7 Å². The Morgan fingerprint density at radius 1 is 1.43 bits per heavy atom. The molecule has 5 heteroatoms. The first-order chi connectivity index (χ1) is 9.97. The SMILES string of the molecule is CCCOc1cc(C)c(Cl)c(C)c1C(O)C(CCN)NC. The van der Waals surface area contributed by atoms with Gasteiger partial charge in [-0.2, -0.15) is 0 Å². The van der Waals surface area contributed by atoms with Gasteiger partial charge in [0.15, 0.2) is 0 Å². The molecule has 0 aliphatic rings. The minimum atomic E-state index is -0.705. The molecule has 120 valence electrons. The zero-order valence-electron chi connectivity index (χ0n) is 13.4. The smallest absolute Gasteiger partial charge is 0.125 e. The van der Waals surface area contributed by atoms with E-state index in [1.807, 2.05) is 27.0 Å². The largest absolute Gasteiger partial charge is 0.493 e. The maximum absolute atomic E-state index is 10.7. The number of nitrogens with one attached hydrogen (secondary N) is 1. The summed E-state index contributed by atoms with van der Waals surface area (Å²) < 4.78 is 5.82. The molecule has 1 aromatic carbocycles. The molecule has 0 radical (unpaired) electrons. The molecule has 0 saturated carbocycles. The van der Waals surface area contributed by atoms with E-state index < -0.39 is 6.10 Å². The van der Waals surface area contributed by atoms with Crippen molar-refractivity contribution in [3.63, 3.8) is 0 Å². The molecule has 2 unspecified atom stereocenters. The highest BCUT2D eigenvalue weighted by atomic mass is 35.5. The van der Waals surface area contributed by atoms with Crippen LogP contribution < -0.4 is 15.8 Å². The van der Waals surface area contributed by atoms with Crippen molar-refractivity contribution in [1.82, 2.24) is 5.32 Å². The number of rotatable bonds is 8. The molecule has 0 aliphatic heterocycles. The quantitative estimate of drug-likeness (QED) is 0.690. The fourth-order valence-corrected chi connectivity index (χ4v) is 2.63. The van der Waals surface area contributed by atoms with Crippen LogP contribution in [0.1, 0.15) is 42.6 Å². The van der Waals surface area contributed by atoms with Crippen LogP contribution in [0.4, 0.5) is 0 Å². The maximum Gasteiger partial charge on any atom is 0.125 e. The molecule has 1 aromatic rings. The van der Waals surface area contributed by atoms with Gasteiger partial charge in [-0.1, -0.05) is 18.5 Å². The van der Waals surface area contributed by atoms with Gasteiger partial charge in [0.2, 0.25) is 0 Å². The van der Waals surface area contributed by atoms with Crippen molar-refractivity contribution in [3.8, 4) is 5.75 Å². The molecular weight excluding hydrogens is 288 g/mol. The Bertz CT molecular complexity index is 466. The van der Waals surface area contributed by atoms with Crippen LogP contribution in [-0.2, 0) is 0 Å². The van der Waals surface area contributed by atoms with Crippen molar-refractivity contribution in [3.05, 3.63) is 27.8 Å². The molecule has 0 spiro atoms. The topological polar surface area (TPSA) is 67.5 Å². The van der Waals surface area contributed by atoms with Gasteiger partial charge < -0.3 is 20.9 Å². The molecule has 0 fully saturated rings. The van der Waals surface area contributed by atoms with Crippen LogP contribution in [0.15, 0.2) is 6.07 Å². The summed E-state index contributed by atoms with van der Waals surface area (Å²) in [5.41, 5.74) is 8.20. The highest BCUT2D eigenvalue weighted by molar-refractivity contribution is 6.32. The first kappa shape index (κ1) is 18.2. The summed E-state index contributed by atoms with van der Waals surface area (Å²) in [6.45, 7) is 7.03. The van der Waals surface area contributed by atoms with Gasteiger partial charge in [-0.3, -0.25) is 0 Å². The van der Waals surface area contributed by atoms with Gasteiger partial charge in [-0.25, -0.2) is 0 Å². The summed E-state index contributed by atoms with van der Waals surface area (Å²) in [4.78, 5) is 0. The molecule has 0 heterocycles. The normalized spacial score (nSPS) is 14.0. The van der Waals surface area contributed by atoms with Crippen LogP contribution in [0, 0.1) is 13.8 Å². The molecule has 0 saturated heterocycles. The fraction of sp³-hybridized carbons (Fsp3) is 0.625. The summed E-state index contributed by atoms with van der Waals surface area (Å²) in [5.74, 6) is 0.709. The number of likely N-dealkylation sites (N-methyl/N-ethyl adjacent to an activating group) is 1. The highest BCUT2D eigenvalue weighted by Gasteiger charge is 2.26. The Kier molecular flexibility index (Phi) is 7.46. The molecule has 0 aromatic heterocycles. The standard InChI is InChI=1S/C16H27ClN2O2/c1-5-8-21-13-9-10(2)15(17)11(3)14(13)16(20)12(19-4)6-7-18/h9,12,16,19-20H,5-8,18H2,1-4H3. The molecule has 4 nitrogen and oxygen atoms in total. The average molecular weight is 315 g/mol. The minimum Gasteiger partial charge on any atom is -0.493 e. The predicted molar refractivity (Wildman–Crippen MR) is 88.2 cm³/mol. The van der Waals surface area contributed by atoms with E-state index in [-0.39, 0.29) is 6.04 Å². The summed E-state index contributed by atoms with van der Waals surface area (Å²) in [7, 11) is 1.82. The predicted octanol–water partition coefficient (Wildman–Crippen LogP) is 2.72. The third kappa shape index (κ3) is 4.33. The van der Waals surface area contributed by atoms with Gasteiger partial charge in [-0.05, 0) is 57.5 Å². The zero-order valence-corrected chi connectivity index (χ0v) is 14.1. The summed E-state index contributed by atoms with van der Waals surface area (Å²) >= 11 is 6.35. The number of hydrogen-bond donors (Lipinski definition) is 3. The second-order valence-electron chi connectivity index (χ2n) is 5.31. The van der Waals surface area contributed by atoms with Crippen LogP contribution in [0.3, 0.4) is 0 Å². The number of hydrogen-bond acceptors (Lipinski definition) is 4. The number of halogens is 1. The Balaban J connectivity index is 3.26. The van der Waals surface area contributed by atoms with Gasteiger partial charge in [-0.15, -0.1) is 0 Å². The summed E-state index contributed by atoms with van der Waals surface area (Å²) in [6, 6.07) is 1.77. The number of aryl methyl sites for hydroxylation is 1. The van der Waals surface area contributed by atoms with Gasteiger partial charge in [0.25, 0.3) is 0 Å². The number of aliphatic hydroxyl groups is 1. The van der Waals surface area contributed by atoms with E-state index in [1.165, 1.54) is 0 Å². The van der Waals surface area contributed by atoms with E-state index in [0.717, 1.165) is 23.1 Å². The fourth-order valence-electron chi connectivity index (χ4n) is 2.48. The lowest BCUT2D eigenvalue weighted by molar-refractivity contribution is 0.124. The van der Waals surface area contributed by atoms with Crippen molar-refractivity contribution in [2.45, 2.75) is 45.8 Å². The Morgan fingerprint density at radius 3 is 2.62 bits per heavy atom. The van der Waals surface area contributed by atoms with Crippen molar-refractivity contribution < 1.29 is 9.84 Å². The van der Waals surface area contributed by atoms with E-state index in [1.54, 1.807) is 0 Å². The molecule has 1 rings (SSSR count). The van der Waals surface area contributed by atoms with Gasteiger partial charge in [0.1, 0.15) is 5.75 Å². The van der Waals surface area contributed by atoms with E-state index in [9.17, 15) is 5.11 Å². The first-order valence-electron chi connectivity index (χ1n) is 7.45. The number of aliphatic hydroxyl groups excluding tert-OH is 1. The summed E-state index contributed by atoms with van der Waals surface area (Å²) in [6.07, 6.45) is 0.883. The average Bonchev–Trinajstić information content (AvgIpc) is 2.47. The lowest BCUT2D eigenvalue weighted by Gasteiger charge is -2.26. The van der Waals surface area contributed by atoms with Crippen molar-refractivity contribution in [2.24, 2.45) is 5.73 Å². The van der Waals surface area contributed by atoms with Crippen LogP contribution in [0.5, 0.6) is 5.75 Å². The number of nitrogens with two attached hydrogens (primary N) is 1. The number of ether oxygens (including phenoxy) is 1. The minimum absolute atomic E-state index is 0.128. The van der Waals surface area contributed by atoms with Crippen molar-refractivity contribution in [1.29, 1.82) is 0 Å². The van der Waals surface area contributed by atoms with E-state index in [2.05, 4.69) is 12.2 Å². The van der Waals surface area contributed by atoms with Crippen molar-refractivity contribution >= 4 is 11.6 Å². The lowest BCUT2D eigenvalue weighted by atomic mass is 9.93. The number of benzene rings is 1. The Morgan fingerprint density at radius 2 is 2.10 bits per heavy atom. The van der Waals surface area contributed by atoms with Crippen LogP contribution in [0.2, 0.25) is 5.02 Å². The molecule has 4 N–H and O–H groups in total. The van der Waals surface area contributed by atoms with E-state index in [4.69, 9.17) is 22.1 Å². The zero-order chi connectivity index (χ0) is 16.0.